The number of nitrogens with one attached hydrogen (secondary N) is 1. The van der Waals surface area contributed by atoms with E-state index >= 15 is 0 Å². The van der Waals surface area contributed by atoms with E-state index in [4.69, 9.17) is 4.52 Å². The maximum Gasteiger partial charge on any atom is 0.243 e. The highest BCUT2D eigenvalue weighted by Gasteiger charge is 2.27. The van der Waals surface area contributed by atoms with Gasteiger partial charge in [-0.1, -0.05) is 11.2 Å². The molecular formula is C22H24FN5O4S. The first-order valence-electron chi connectivity index (χ1n) is 10.7. The lowest BCUT2D eigenvalue weighted by Gasteiger charge is -2.22. The maximum absolute atomic E-state index is 13.6. The third-order valence-electron chi connectivity index (χ3n) is 5.51. The molecule has 0 aliphatic carbocycles. The molecule has 1 aromatic carbocycles. The summed E-state index contributed by atoms with van der Waals surface area (Å²) in [5, 5.41) is 6.86. The van der Waals surface area contributed by atoms with Crippen molar-refractivity contribution in [2.24, 2.45) is 0 Å². The molecule has 174 valence electrons. The molecular weight excluding hydrogens is 449 g/mol. The van der Waals surface area contributed by atoms with E-state index in [1.807, 2.05) is 6.07 Å². The molecule has 1 amide bonds. The van der Waals surface area contributed by atoms with E-state index in [1.54, 1.807) is 18.5 Å². The van der Waals surface area contributed by atoms with Crippen LogP contribution in [0.2, 0.25) is 0 Å². The SMILES string of the molecule is O=C1CCN(S(=O)(=O)c2cccc(F)c2)CCCC(c2nc(-c3cccnc3)no2)CCN1. The normalized spacial score (nSPS) is 18.9. The molecule has 3 aromatic rings. The number of hydrogen-bond donors (Lipinski definition) is 1. The minimum atomic E-state index is -3.95. The predicted octanol–water partition coefficient (Wildman–Crippen LogP) is 2.74. The van der Waals surface area contributed by atoms with Gasteiger partial charge in [-0.15, -0.1) is 0 Å². The second-order valence-electron chi connectivity index (χ2n) is 7.79. The number of halogens is 1. The van der Waals surface area contributed by atoms with Crippen LogP contribution in [0.25, 0.3) is 11.4 Å². The Bertz CT molecular complexity index is 1200. The van der Waals surface area contributed by atoms with Crippen molar-refractivity contribution < 1.29 is 22.1 Å². The average Bonchev–Trinajstić information content (AvgIpc) is 3.29. The van der Waals surface area contributed by atoms with Gasteiger partial charge in [0.1, 0.15) is 5.82 Å². The van der Waals surface area contributed by atoms with Crippen LogP contribution in [0.1, 0.15) is 37.5 Å². The molecule has 1 fully saturated rings. The summed E-state index contributed by atoms with van der Waals surface area (Å²) in [6.07, 6.45) is 4.99. The first-order valence-corrected chi connectivity index (χ1v) is 12.1. The summed E-state index contributed by atoms with van der Waals surface area (Å²) in [6, 6.07) is 8.49. The number of carbonyl (C=O) groups excluding carboxylic acids is 1. The molecule has 1 atom stereocenters. The maximum atomic E-state index is 13.6. The van der Waals surface area contributed by atoms with Gasteiger partial charge >= 0.3 is 0 Å². The second-order valence-corrected chi connectivity index (χ2v) is 9.73. The Hall–Kier alpha value is -3.18. The number of benzene rings is 1. The third kappa shape index (κ3) is 5.60. The van der Waals surface area contributed by atoms with Crippen LogP contribution >= 0.6 is 0 Å². The number of nitrogens with zero attached hydrogens (tertiary/aromatic N) is 4. The molecule has 0 saturated carbocycles. The number of rotatable bonds is 4. The summed E-state index contributed by atoms with van der Waals surface area (Å²) < 4.78 is 46.5. The molecule has 1 N–H and O–H groups in total. The predicted molar refractivity (Wildman–Crippen MR) is 117 cm³/mol. The van der Waals surface area contributed by atoms with E-state index in [0.717, 1.165) is 11.6 Å². The molecule has 0 radical (unpaired) electrons. The van der Waals surface area contributed by atoms with E-state index in [1.165, 1.54) is 22.5 Å². The minimum Gasteiger partial charge on any atom is -0.356 e. The van der Waals surface area contributed by atoms with Crippen LogP contribution < -0.4 is 5.32 Å². The van der Waals surface area contributed by atoms with Crippen molar-refractivity contribution in [2.45, 2.75) is 36.5 Å². The van der Waals surface area contributed by atoms with Gasteiger partial charge in [-0.25, -0.2) is 12.8 Å². The van der Waals surface area contributed by atoms with Crippen molar-refractivity contribution in [3.05, 3.63) is 60.5 Å². The highest BCUT2D eigenvalue weighted by Crippen LogP contribution is 2.27. The second kappa shape index (κ2) is 10.2. The molecule has 9 nitrogen and oxygen atoms in total. The Balaban J connectivity index is 1.52. The van der Waals surface area contributed by atoms with Gasteiger partial charge in [0.25, 0.3) is 0 Å². The number of hydrogen-bond acceptors (Lipinski definition) is 7. The highest BCUT2D eigenvalue weighted by molar-refractivity contribution is 7.89. The van der Waals surface area contributed by atoms with E-state index in [0.29, 0.717) is 37.5 Å². The highest BCUT2D eigenvalue weighted by atomic mass is 32.2. The van der Waals surface area contributed by atoms with Gasteiger partial charge in [-0.05, 0) is 49.6 Å². The zero-order chi connectivity index (χ0) is 23.3. The van der Waals surface area contributed by atoms with Crippen molar-refractivity contribution in [3.63, 3.8) is 0 Å². The zero-order valence-electron chi connectivity index (χ0n) is 17.9. The Kier molecular flexibility index (Phi) is 7.09. The molecule has 4 rings (SSSR count). The van der Waals surface area contributed by atoms with Gasteiger partial charge in [0.15, 0.2) is 0 Å². The summed E-state index contributed by atoms with van der Waals surface area (Å²) >= 11 is 0. The van der Waals surface area contributed by atoms with Gasteiger partial charge in [0.2, 0.25) is 27.6 Å². The largest absolute Gasteiger partial charge is 0.356 e. The van der Waals surface area contributed by atoms with Gasteiger partial charge in [0, 0.05) is 49.9 Å². The molecule has 0 spiro atoms. The number of pyridine rings is 1. The van der Waals surface area contributed by atoms with Crippen LogP contribution in [-0.4, -0.2) is 53.4 Å². The Morgan fingerprint density at radius 3 is 2.82 bits per heavy atom. The molecule has 1 saturated heterocycles. The standard InChI is InChI=1S/C22H24FN5O4S/c23-18-6-1-7-19(14-18)33(30,31)28-12-3-5-16(8-11-25-20(29)9-13-28)22-26-21(27-32-22)17-4-2-10-24-15-17/h1-2,4,6-7,10,14-16H,3,5,8-9,11-13H2,(H,25,29). The molecule has 1 unspecified atom stereocenters. The van der Waals surface area contributed by atoms with Crippen LogP contribution in [-0.2, 0) is 14.8 Å². The fourth-order valence-corrected chi connectivity index (χ4v) is 5.26. The van der Waals surface area contributed by atoms with Crippen LogP contribution in [0, 0.1) is 5.82 Å². The van der Waals surface area contributed by atoms with Crippen LogP contribution in [0.5, 0.6) is 0 Å². The number of amides is 1. The van der Waals surface area contributed by atoms with Gasteiger partial charge < -0.3 is 9.84 Å². The summed E-state index contributed by atoms with van der Waals surface area (Å²) in [7, 11) is -3.95. The van der Waals surface area contributed by atoms with Crippen molar-refractivity contribution >= 4 is 15.9 Å². The molecule has 0 bridgehead atoms. The topological polar surface area (TPSA) is 118 Å². The first kappa shape index (κ1) is 23.0. The van der Waals surface area contributed by atoms with Crippen molar-refractivity contribution in [1.29, 1.82) is 0 Å². The van der Waals surface area contributed by atoms with E-state index < -0.39 is 15.8 Å². The van der Waals surface area contributed by atoms with E-state index in [9.17, 15) is 17.6 Å². The zero-order valence-corrected chi connectivity index (χ0v) is 18.7. The van der Waals surface area contributed by atoms with Gasteiger partial charge in [-0.2, -0.15) is 9.29 Å². The average molecular weight is 474 g/mol. The van der Waals surface area contributed by atoms with Crippen LogP contribution in [0.4, 0.5) is 4.39 Å². The summed E-state index contributed by atoms with van der Waals surface area (Å²) in [5.74, 6) is -0.182. The lowest BCUT2D eigenvalue weighted by atomic mass is 9.99. The minimum absolute atomic E-state index is 0.0149. The summed E-state index contributed by atoms with van der Waals surface area (Å²) in [5.41, 5.74) is 0.727. The number of carbonyl (C=O) groups is 1. The smallest absolute Gasteiger partial charge is 0.243 e. The lowest BCUT2D eigenvalue weighted by molar-refractivity contribution is -0.121. The van der Waals surface area contributed by atoms with Crippen molar-refractivity contribution in [3.8, 4) is 11.4 Å². The van der Waals surface area contributed by atoms with Crippen molar-refractivity contribution in [2.75, 3.05) is 19.6 Å². The van der Waals surface area contributed by atoms with Gasteiger partial charge in [-0.3, -0.25) is 9.78 Å². The molecule has 1 aliphatic rings. The fourth-order valence-electron chi connectivity index (χ4n) is 3.75. The Labute approximate surface area is 191 Å². The molecule has 11 heteroatoms. The first-order chi connectivity index (χ1) is 15.9. The van der Waals surface area contributed by atoms with E-state index in [-0.39, 0.29) is 36.2 Å². The van der Waals surface area contributed by atoms with Crippen molar-refractivity contribution in [1.82, 2.24) is 24.7 Å². The van der Waals surface area contributed by atoms with Gasteiger partial charge in [0.05, 0.1) is 4.90 Å². The molecule has 2 aromatic heterocycles. The van der Waals surface area contributed by atoms with Crippen LogP contribution in [0.15, 0.2) is 58.2 Å². The molecule has 3 heterocycles. The molecule has 1 aliphatic heterocycles. The monoisotopic (exact) mass is 473 g/mol. The summed E-state index contributed by atoms with van der Waals surface area (Å²) in [4.78, 5) is 20.7. The number of aromatic nitrogens is 3. The summed E-state index contributed by atoms with van der Waals surface area (Å²) in [6.45, 7) is 0.609. The quantitative estimate of drug-likeness (QED) is 0.619. The number of sulfonamides is 1. The Morgan fingerprint density at radius 1 is 1.15 bits per heavy atom. The third-order valence-corrected chi connectivity index (χ3v) is 7.40. The van der Waals surface area contributed by atoms with Crippen LogP contribution in [0.3, 0.4) is 0 Å². The molecule has 33 heavy (non-hydrogen) atoms. The fraction of sp³-hybridized carbons (Fsp3) is 0.364. The van der Waals surface area contributed by atoms with E-state index in [2.05, 4.69) is 20.4 Å². The lowest BCUT2D eigenvalue weighted by Crippen LogP contribution is -2.35. The Morgan fingerprint density at radius 2 is 2.03 bits per heavy atom.